The van der Waals surface area contributed by atoms with Gasteiger partial charge >= 0.3 is 11.8 Å². The fraction of sp³-hybridized carbons (Fsp3) is 0.353. The van der Waals surface area contributed by atoms with Gasteiger partial charge in [-0.3, -0.25) is 0 Å². The number of benzene rings is 1. The van der Waals surface area contributed by atoms with Crippen molar-refractivity contribution in [3.63, 3.8) is 0 Å². The minimum absolute atomic E-state index is 0.127. The molecule has 1 heterocycles. The average molecular weight is 366 g/mol. The zero-order chi connectivity index (χ0) is 19.3. The second kappa shape index (κ2) is 7.94. The molecular formula is C17H20F2N4O3. The minimum Gasteiger partial charge on any atom is -0.444 e. The summed E-state index contributed by atoms with van der Waals surface area (Å²) in [7, 11) is 0. The van der Waals surface area contributed by atoms with E-state index < -0.39 is 23.2 Å². The fourth-order valence-electron chi connectivity index (χ4n) is 2.05. The molecule has 0 bridgehead atoms. The van der Waals surface area contributed by atoms with Crippen LogP contribution >= 0.6 is 0 Å². The van der Waals surface area contributed by atoms with E-state index >= 15 is 0 Å². The van der Waals surface area contributed by atoms with E-state index in [-0.39, 0.29) is 18.7 Å². The van der Waals surface area contributed by atoms with Crippen LogP contribution in [0.5, 0.6) is 0 Å². The first kappa shape index (κ1) is 19.4. The molecule has 7 nitrogen and oxygen atoms in total. The van der Waals surface area contributed by atoms with Gasteiger partial charge in [-0.05, 0) is 50.6 Å². The highest BCUT2D eigenvalue weighted by Gasteiger charge is 2.16. The normalized spacial score (nSPS) is 12.1. The van der Waals surface area contributed by atoms with Gasteiger partial charge in [-0.2, -0.15) is 5.10 Å². The third-order valence-electron chi connectivity index (χ3n) is 3.20. The second-order valence-corrected chi connectivity index (χ2v) is 6.54. The molecule has 1 amide bonds. The molecule has 0 radical (unpaired) electrons. The molecule has 0 saturated heterocycles. The van der Waals surface area contributed by atoms with Gasteiger partial charge in [0.1, 0.15) is 17.7 Å². The molecule has 1 aromatic heterocycles. The number of nitrogens with one attached hydrogen (secondary N) is 1. The highest BCUT2D eigenvalue weighted by molar-refractivity contribution is 5.68. The second-order valence-electron chi connectivity index (χ2n) is 6.54. The van der Waals surface area contributed by atoms with Crippen molar-refractivity contribution in [1.82, 2.24) is 19.7 Å². The molecule has 0 aliphatic heterocycles. The van der Waals surface area contributed by atoms with Gasteiger partial charge < -0.3 is 10.1 Å². The summed E-state index contributed by atoms with van der Waals surface area (Å²) in [5.41, 5.74) is -0.634. The van der Waals surface area contributed by atoms with Crippen LogP contribution in [0.1, 0.15) is 20.8 Å². The van der Waals surface area contributed by atoms with Crippen molar-refractivity contribution < 1.29 is 18.3 Å². The molecular weight excluding hydrogens is 346 g/mol. The van der Waals surface area contributed by atoms with Crippen molar-refractivity contribution >= 4 is 6.09 Å². The Labute approximate surface area is 148 Å². The van der Waals surface area contributed by atoms with Gasteiger partial charge in [0, 0.05) is 6.54 Å². The molecule has 2 aromatic rings. The number of hydrogen-bond donors (Lipinski definition) is 1. The van der Waals surface area contributed by atoms with Gasteiger partial charge in [0.2, 0.25) is 0 Å². The van der Waals surface area contributed by atoms with Crippen LogP contribution in [0.4, 0.5) is 13.6 Å². The van der Waals surface area contributed by atoms with Gasteiger partial charge in [-0.25, -0.2) is 27.6 Å². The Morgan fingerprint density at radius 1 is 1.31 bits per heavy atom. The number of carbonyl (C=O) groups excluding carboxylic acids is 1. The first-order chi connectivity index (χ1) is 12.2. The van der Waals surface area contributed by atoms with Crippen LogP contribution in [0, 0.1) is 5.82 Å². The van der Waals surface area contributed by atoms with E-state index in [2.05, 4.69) is 10.4 Å². The van der Waals surface area contributed by atoms with Crippen molar-refractivity contribution in [2.45, 2.75) is 32.9 Å². The van der Waals surface area contributed by atoms with Crippen LogP contribution in [0.2, 0.25) is 0 Å². The van der Waals surface area contributed by atoms with Gasteiger partial charge in [-0.1, -0.05) is 0 Å². The highest BCUT2D eigenvalue weighted by Crippen LogP contribution is 2.08. The van der Waals surface area contributed by atoms with Crippen molar-refractivity contribution in [2.24, 2.45) is 0 Å². The summed E-state index contributed by atoms with van der Waals surface area (Å²) >= 11 is 0. The maximum Gasteiger partial charge on any atom is 0.407 e. The zero-order valence-electron chi connectivity index (χ0n) is 14.7. The molecule has 140 valence electrons. The quantitative estimate of drug-likeness (QED) is 0.882. The predicted octanol–water partition coefficient (Wildman–Crippen LogP) is 2.55. The van der Waals surface area contributed by atoms with Crippen molar-refractivity contribution in [3.05, 3.63) is 58.8 Å². The van der Waals surface area contributed by atoms with Crippen LogP contribution in [-0.2, 0) is 11.3 Å². The van der Waals surface area contributed by atoms with Gasteiger partial charge in [0.05, 0.1) is 18.6 Å². The number of halogens is 2. The molecule has 0 aliphatic carbocycles. The Morgan fingerprint density at radius 3 is 2.54 bits per heavy atom. The molecule has 0 saturated carbocycles. The zero-order valence-corrected chi connectivity index (χ0v) is 14.7. The van der Waals surface area contributed by atoms with Crippen LogP contribution in [0.15, 0.2) is 47.3 Å². The summed E-state index contributed by atoms with van der Waals surface area (Å²) < 4.78 is 33.4. The molecule has 0 spiro atoms. The van der Waals surface area contributed by atoms with E-state index in [4.69, 9.17) is 4.74 Å². The third-order valence-corrected chi connectivity index (χ3v) is 3.20. The number of hydrogen-bond acceptors (Lipinski definition) is 4. The fourth-order valence-corrected chi connectivity index (χ4v) is 2.05. The van der Waals surface area contributed by atoms with E-state index in [9.17, 15) is 18.4 Å². The molecule has 0 aliphatic rings. The van der Waals surface area contributed by atoms with Gasteiger partial charge in [0.25, 0.3) is 0 Å². The molecule has 1 aromatic carbocycles. The Bertz CT molecular complexity index is 848. The number of aromatic nitrogens is 3. The Morgan fingerprint density at radius 2 is 1.96 bits per heavy atom. The molecule has 1 N–H and O–H groups in total. The predicted molar refractivity (Wildman–Crippen MR) is 91.2 cm³/mol. The molecule has 0 fully saturated rings. The lowest BCUT2D eigenvalue weighted by molar-refractivity contribution is 0.0532. The summed E-state index contributed by atoms with van der Waals surface area (Å²) in [6.07, 6.45) is 0.869. The molecule has 0 unspecified atom stereocenters. The summed E-state index contributed by atoms with van der Waals surface area (Å²) in [6, 6.07) is 5.30. The van der Waals surface area contributed by atoms with Crippen LogP contribution < -0.4 is 11.0 Å². The summed E-state index contributed by atoms with van der Waals surface area (Å²) in [4.78, 5) is 24.0. The summed E-state index contributed by atoms with van der Waals surface area (Å²) in [5.74, 6) is -0.426. The lowest BCUT2D eigenvalue weighted by Crippen LogP contribution is -2.34. The van der Waals surface area contributed by atoms with Crippen molar-refractivity contribution in [1.29, 1.82) is 0 Å². The van der Waals surface area contributed by atoms with Crippen LogP contribution in [0.25, 0.3) is 5.69 Å². The standard InChI is InChI=1S/C17H20F2N4O3/c1-17(2,3)26-15(24)20-9-12(8-18)10-23-16(25)22(11-21-23)14-6-4-13(19)5-7-14/h4-8,11H,9-10H2,1-3H3,(H,20,24)/b12-8-. The van der Waals surface area contributed by atoms with Gasteiger partial charge in [0.15, 0.2) is 0 Å². The Balaban J connectivity index is 2.04. The Hall–Kier alpha value is -2.97. The van der Waals surface area contributed by atoms with Crippen LogP contribution in [0.3, 0.4) is 0 Å². The largest absolute Gasteiger partial charge is 0.444 e. The van der Waals surface area contributed by atoms with Gasteiger partial charge in [-0.15, -0.1) is 0 Å². The monoisotopic (exact) mass is 366 g/mol. The first-order valence-corrected chi connectivity index (χ1v) is 7.85. The molecule has 2 rings (SSSR count). The van der Waals surface area contributed by atoms with E-state index in [1.165, 1.54) is 35.2 Å². The maximum atomic E-state index is 13.1. The van der Waals surface area contributed by atoms with E-state index in [1.807, 2.05) is 0 Å². The van der Waals surface area contributed by atoms with E-state index in [0.717, 1.165) is 4.68 Å². The lowest BCUT2D eigenvalue weighted by Gasteiger charge is -2.19. The number of carbonyl (C=O) groups is 1. The molecule has 0 atom stereocenters. The average Bonchev–Trinajstić information content (AvgIpc) is 2.91. The smallest absolute Gasteiger partial charge is 0.407 e. The summed E-state index contributed by atoms with van der Waals surface area (Å²) in [6.45, 7) is 4.83. The number of ether oxygens (including phenoxy) is 1. The molecule has 9 heteroatoms. The van der Waals surface area contributed by atoms with Crippen molar-refractivity contribution in [2.75, 3.05) is 6.54 Å². The maximum absolute atomic E-state index is 13.1. The molecule has 26 heavy (non-hydrogen) atoms. The number of rotatable bonds is 5. The minimum atomic E-state index is -0.693. The number of alkyl carbamates (subject to hydrolysis) is 1. The Kier molecular flexibility index (Phi) is 5.91. The number of amides is 1. The SMILES string of the molecule is CC(C)(C)OC(=O)NC/C(=C/F)Cn1ncn(-c2ccc(F)cc2)c1=O. The highest BCUT2D eigenvalue weighted by atomic mass is 19.1. The topological polar surface area (TPSA) is 78.2 Å². The lowest BCUT2D eigenvalue weighted by atomic mass is 10.2. The number of nitrogens with zero attached hydrogens (tertiary/aromatic N) is 3. The summed E-state index contributed by atoms with van der Waals surface area (Å²) in [5, 5.41) is 6.32. The van der Waals surface area contributed by atoms with E-state index in [0.29, 0.717) is 12.0 Å². The van der Waals surface area contributed by atoms with E-state index in [1.54, 1.807) is 20.8 Å². The third kappa shape index (κ3) is 5.27. The van der Waals surface area contributed by atoms with Crippen molar-refractivity contribution in [3.8, 4) is 5.69 Å². The van der Waals surface area contributed by atoms with Crippen LogP contribution in [-0.4, -0.2) is 32.6 Å². The first-order valence-electron chi connectivity index (χ1n) is 7.85.